The molecule has 2 aliphatic carbocycles. The number of rotatable bonds is 7. The van der Waals surface area contributed by atoms with E-state index >= 15 is 0 Å². The molecule has 1 amide bonds. The average molecular weight is 445 g/mol. The first-order chi connectivity index (χ1) is 16.1. The van der Waals surface area contributed by atoms with Gasteiger partial charge in [-0.05, 0) is 49.3 Å². The summed E-state index contributed by atoms with van der Waals surface area (Å²) in [7, 11) is 1.56. The van der Waals surface area contributed by atoms with Gasteiger partial charge in [-0.3, -0.25) is 4.79 Å². The Morgan fingerprint density at radius 3 is 2.79 bits per heavy atom. The molecule has 8 heteroatoms. The first kappa shape index (κ1) is 21.5. The van der Waals surface area contributed by atoms with Crippen LogP contribution in [-0.4, -0.2) is 65.4 Å². The summed E-state index contributed by atoms with van der Waals surface area (Å²) < 4.78 is 5.10. The van der Waals surface area contributed by atoms with Crippen LogP contribution in [0.15, 0.2) is 24.9 Å². The number of amides is 1. The van der Waals surface area contributed by atoms with Crippen LogP contribution in [-0.2, 0) is 9.53 Å². The van der Waals surface area contributed by atoms with Gasteiger partial charge in [-0.15, -0.1) is 0 Å². The summed E-state index contributed by atoms with van der Waals surface area (Å²) in [6.45, 7) is 5.88. The van der Waals surface area contributed by atoms with Gasteiger partial charge in [0.15, 0.2) is 0 Å². The number of ether oxygens (including phenoxy) is 1. The number of carbonyl (C=O) groups excluding carboxylic acids is 1. The van der Waals surface area contributed by atoms with Crippen LogP contribution in [0, 0.1) is 17.2 Å². The van der Waals surface area contributed by atoms with Gasteiger partial charge in [0.05, 0.1) is 29.2 Å². The summed E-state index contributed by atoms with van der Waals surface area (Å²) in [6, 6.07) is 6.35. The van der Waals surface area contributed by atoms with Crippen LogP contribution < -0.4 is 4.90 Å². The van der Waals surface area contributed by atoms with Crippen molar-refractivity contribution < 1.29 is 9.53 Å². The van der Waals surface area contributed by atoms with E-state index in [1.165, 1.54) is 0 Å². The van der Waals surface area contributed by atoms with Crippen molar-refractivity contribution in [2.75, 3.05) is 38.3 Å². The molecular formula is C25H28N6O2. The van der Waals surface area contributed by atoms with E-state index in [1.807, 2.05) is 17.0 Å². The van der Waals surface area contributed by atoms with Crippen molar-refractivity contribution in [3.05, 3.63) is 41.7 Å². The van der Waals surface area contributed by atoms with Crippen LogP contribution in [0.25, 0.3) is 17.3 Å². The van der Waals surface area contributed by atoms with E-state index in [2.05, 4.69) is 27.7 Å². The number of hydrogen-bond donors (Lipinski definition) is 0. The molecule has 170 valence electrons. The minimum atomic E-state index is 0.0391. The number of nitrogens with zero attached hydrogens (tertiary/aromatic N) is 6. The van der Waals surface area contributed by atoms with Gasteiger partial charge >= 0.3 is 0 Å². The molecule has 5 rings (SSSR count). The quantitative estimate of drug-likeness (QED) is 0.648. The Kier molecular flexibility index (Phi) is 5.81. The highest BCUT2D eigenvalue weighted by atomic mass is 16.5. The van der Waals surface area contributed by atoms with Crippen LogP contribution in [0.3, 0.4) is 0 Å². The number of nitriles is 1. The molecule has 0 N–H and O–H groups in total. The third-order valence-corrected chi connectivity index (χ3v) is 6.78. The van der Waals surface area contributed by atoms with E-state index in [0.29, 0.717) is 37.0 Å². The molecule has 2 saturated carbocycles. The number of methoxy groups -OCH3 is 1. The predicted molar refractivity (Wildman–Crippen MR) is 124 cm³/mol. The maximum atomic E-state index is 12.6. The Bertz CT molecular complexity index is 1120. The summed E-state index contributed by atoms with van der Waals surface area (Å²) in [5.41, 5.74) is 4.00. The highest BCUT2D eigenvalue weighted by molar-refractivity contribution is 5.78. The van der Waals surface area contributed by atoms with Crippen LogP contribution in [0.5, 0.6) is 0 Å². The fraction of sp³-hybridized carbons (Fsp3) is 0.480. The van der Waals surface area contributed by atoms with Gasteiger partial charge in [0.25, 0.3) is 0 Å². The molecule has 3 fully saturated rings. The average Bonchev–Trinajstić information content (AvgIpc) is 3.76. The summed E-state index contributed by atoms with van der Waals surface area (Å²) in [4.78, 5) is 21.8. The van der Waals surface area contributed by atoms with Crippen LogP contribution in [0.4, 0.5) is 5.82 Å². The number of pyridine rings is 1. The number of aromatic nitrogens is 3. The van der Waals surface area contributed by atoms with E-state index in [1.54, 1.807) is 19.4 Å². The first-order valence-corrected chi connectivity index (χ1v) is 11.6. The number of carbonyl (C=O) groups is 1. The van der Waals surface area contributed by atoms with E-state index in [0.717, 1.165) is 54.0 Å². The van der Waals surface area contributed by atoms with Crippen molar-refractivity contribution in [3.63, 3.8) is 0 Å². The predicted octanol–water partition coefficient (Wildman–Crippen LogP) is 3.00. The van der Waals surface area contributed by atoms with Gasteiger partial charge in [-0.1, -0.05) is 12.7 Å². The van der Waals surface area contributed by atoms with E-state index in [9.17, 15) is 10.1 Å². The molecule has 3 heterocycles. The number of anilines is 1. The van der Waals surface area contributed by atoms with Gasteiger partial charge in [0, 0.05) is 38.2 Å². The largest absolute Gasteiger partial charge is 0.375 e. The molecule has 1 unspecified atom stereocenters. The maximum Gasteiger partial charge on any atom is 0.248 e. The Morgan fingerprint density at radius 2 is 2.12 bits per heavy atom. The second-order valence-electron chi connectivity index (χ2n) is 9.13. The summed E-state index contributed by atoms with van der Waals surface area (Å²) in [5, 5.41) is 18.4. The fourth-order valence-corrected chi connectivity index (χ4v) is 4.74. The van der Waals surface area contributed by atoms with Crippen molar-refractivity contribution in [2.45, 2.75) is 37.6 Å². The topological polar surface area (TPSA) is 95.2 Å². The monoisotopic (exact) mass is 444 g/mol. The molecule has 1 atom stereocenters. The molecule has 0 bridgehead atoms. The molecular weight excluding hydrogens is 416 g/mol. The molecule has 33 heavy (non-hydrogen) atoms. The zero-order valence-electron chi connectivity index (χ0n) is 18.9. The second kappa shape index (κ2) is 8.91. The molecule has 0 aromatic carbocycles. The van der Waals surface area contributed by atoms with Crippen molar-refractivity contribution in [3.8, 4) is 17.3 Å². The SMILES string of the molecule is C=Cc1cnnc(-c2cc(C#N)c(N3CCN(C(=O)COC)C(C4CC4)C3)nc2C2CC2)c1. The molecule has 1 saturated heterocycles. The highest BCUT2D eigenvalue weighted by Crippen LogP contribution is 2.45. The van der Waals surface area contributed by atoms with E-state index in [-0.39, 0.29) is 18.6 Å². The molecule has 0 spiro atoms. The van der Waals surface area contributed by atoms with Crippen molar-refractivity contribution in [1.29, 1.82) is 5.26 Å². The highest BCUT2D eigenvalue weighted by Gasteiger charge is 2.41. The molecule has 2 aromatic rings. The number of piperazine rings is 1. The Labute approximate surface area is 193 Å². The Balaban J connectivity index is 1.50. The fourth-order valence-electron chi connectivity index (χ4n) is 4.74. The molecule has 2 aromatic heterocycles. The van der Waals surface area contributed by atoms with Crippen LogP contribution in [0.2, 0.25) is 0 Å². The lowest BCUT2D eigenvalue weighted by molar-refractivity contribution is -0.138. The van der Waals surface area contributed by atoms with Crippen molar-refractivity contribution in [2.24, 2.45) is 5.92 Å². The van der Waals surface area contributed by atoms with Crippen molar-refractivity contribution >= 4 is 17.8 Å². The zero-order chi connectivity index (χ0) is 22.9. The Hall–Kier alpha value is -3.31. The van der Waals surface area contributed by atoms with E-state index < -0.39 is 0 Å². The summed E-state index contributed by atoms with van der Waals surface area (Å²) in [5.74, 6) is 1.65. The Morgan fingerprint density at radius 1 is 1.30 bits per heavy atom. The lowest BCUT2D eigenvalue weighted by Gasteiger charge is -2.42. The second-order valence-corrected chi connectivity index (χ2v) is 9.13. The molecule has 1 aliphatic heterocycles. The van der Waals surface area contributed by atoms with Crippen LogP contribution in [0.1, 0.15) is 48.4 Å². The van der Waals surface area contributed by atoms with Crippen molar-refractivity contribution in [1.82, 2.24) is 20.1 Å². The normalized spacial score (nSPS) is 20.4. The number of hydrogen-bond acceptors (Lipinski definition) is 7. The third-order valence-electron chi connectivity index (χ3n) is 6.78. The third kappa shape index (κ3) is 4.33. The smallest absolute Gasteiger partial charge is 0.248 e. The molecule has 8 nitrogen and oxygen atoms in total. The lowest BCUT2D eigenvalue weighted by atomic mass is 10.0. The molecule has 0 radical (unpaired) electrons. The van der Waals surface area contributed by atoms with Gasteiger partial charge < -0.3 is 14.5 Å². The van der Waals surface area contributed by atoms with Gasteiger partial charge in [0.1, 0.15) is 18.5 Å². The maximum absolute atomic E-state index is 12.6. The van der Waals surface area contributed by atoms with Gasteiger partial charge in [-0.25, -0.2) is 4.98 Å². The zero-order valence-corrected chi connectivity index (χ0v) is 18.9. The minimum Gasteiger partial charge on any atom is -0.375 e. The minimum absolute atomic E-state index is 0.0391. The summed E-state index contributed by atoms with van der Waals surface area (Å²) >= 11 is 0. The van der Waals surface area contributed by atoms with E-state index in [4.69, 9.17) is 9.72 Å². The lowest BCUT2D eigenvalue weighted by Crippen LogP contribution is -2.57. The van der Waals surface area contributed by atoms with Crippen LogP contribution >= 0.6 is 0 Å². The summed E-state index contributed by atoms with van der Waals surface area (Å²) in [6.07, 6.45) is 7.86. The standard InChI is InChI=1S/C25H28N6O2/c1-3-16-10-21(29-27-13-16)20-11-19(12-26)25(28-24(20)18-6-7-18)30-8-9-31(23(32)15-33-2)22(14-30)17-4-5-17/h3,10-11,13,17-18,22H,1,4-9,14-15H2,2H3. The molecule has 3 aliphatic rings. The van der Waals surface area contributed by atoms with Gasteiger partial charge in [0.2, 0.25) is 5.91 Å². The van der Waals surface area contributed by atoms with Gasteiger partial charge in [-0.2, -0.15) is 15.5 Å². The first-order valence-electron chi connectivity index (χ1n) is 11.6.